The van der Waals surface area contributed by atoms with Crippen LogP contribution in [0.2, 0.25) is 0 Å². The Kier molecular flexibility index (Phi) is 4.28. The van der Waals surface area contributed by atoms with Crippen molar-refractivity contribution in [2.24, 2.45) is 5.92 Å². The zero-order valence-electron chi connectivity index (χ0n) is 14.3. The summed E-state index contributed by atoms with van der Waals surface area (Å²) in [6.45, 7) is 2.61. The first-order valence-corrected chi connectivity index (χ1v) is 8.59. The Labute approximate surface area is 149 Å². The van der Waals surface area contributed by atoms with Crippen molar-refractivity contribution in [1.82, 2.24) is 15.0 Å². The van der Waals surface area contributed by atoms with Crippen molar-refractivity contribution in [2.45, 2.75) is 19.8 Å². The molecule has 4 rings (SSSR count). The van der Waals surface area contributed by atoms with Crippen LogP contribution in [-0.2, 0) is 4.74 Å². The Bertz CT molecular complexity index is 966. The topological polar surface area (TPSA) is 77.1 Å². The molecule has 1 N–H and O–H groups in total. The van der Waals surface area contributed by atoms with E-state index in [0.29, 0.717) is 46.1 Å². The van der Waals surface area contributed by atoms with Crippen molar-refractivity contribution in [3.63, 3.8) is 0 Å². The second kappa shape index (κ2) is 6.74. The van der Waals surface area contributed by atoms with Crippen molar-refractivity contribution < 1.29 is 18.7 Å². The van der Waals surface area contributed by atoms with E-state index in [1.807, 2.05) is 0 Å². The van der Waals surface area contributed by atoms with Crippen molar-refractivity contribution in [3.8, 4) is 17.0 Å². The Balaban J connectivity index is 1.79. The molecule has 6 nitrogen and oxygen atoms in total. The first-order chi connectivity index (χ1) is 12.7. The molecule has 0 unspecified atom stereocenters. The highest BCUT2D eigenvalue weighted by Gasteiger charge is 2.24. The zero-order valence-corrected chi connectivity index (χ0v) is 14.3. The van der Waals surface area contributed by atoms with Gasteiger partial charge in [-0.05, 0) is 43.9 Å². The summed E-state index contributed by atoms with van der Waals surface area (Å²) in [6, 6.07) is 4.36. The maximum Gasteiger partial charge on any atom is 0.341 e. The summed E-state index contributed by atoms with van der Waals surface area (Å²) in [5.74, 6) is 0.278. The number of rotatable bonds is 6. The fourth-order valence-electron chi connectivity index (χ4n) is 2.81. The summed E-state index contributed by atoms with van der Waals surface area (Å²) < 4.78 is 24.8. The van der Waals surface area contributed by atoms with E-state index >= 15 is 0 Å². The highest BCUT2D eigenvalue weighted by Crippen LogP contribution is 2.36. The highest BCUT2D eigenvalue weighted by atomic mass is 19.1. The molecule has 1 aliphatic carbocycles. The van der Waals surface area contributed by atoms with E-state index < -0.39 is 5.97 Å². The number of aromatic amines is 1. The number of hydrogen-bond acceptors (Lipinski definition) is 5. The van der Waals surface area contributed by atoms with Crippen LogP contribution in [0, 0.1) is 11.7 Å². The number of ether oxygens (including phenoxy) is 2. The van der Waals surface area contributed by atoms with E-state index in [0.717, 1.165) is 12.8 Å². The molecule has 1 fully saturated rings. The standard InChI is InChI=1S/C19H18FN3O3/c1-2-25-19(24)14-8-21-18-16(22-10-23-17(14)18)13-7-12(20)5-6-15(13)26-9-11-3-4-11/h5-8,10-11,21H,2-4,9H2,1H3. The van der Waals surface area contributed by atoms with Gasteiger partial charge in [-0.1, -0.05) is 0 Å². The molecule has 0 aliphatic heterocycles. The minimum atomic E-state index is -0.465. The van der Waals surface area contributed by atoms with Crippen LogP contribution in [-0.4, -0.2) is 34.1 Å². The maximum absolute atomic E-state index is 13.9. The van der Waals surface area contributed by atoms with Gasteiger partial charge < -0.3 is 14.5 Å². The lowest BCUT2D eigenvalue weighted by Crippen LogP contribution is -2.04. The number of halogens is 1. The van der Waals surface area contributed by atoms with E-state index in [-0.39, 0.29) is 12.4 Å². The number of carbonyl (C=O) groups excluding carboxylic acids is 1. The monoisotopic (exact) mass is 355 g/mol. The van der Waals surface area contributed by atoms with Gasteiger partial charge in [0.05, 0.1) is 18.7 Å². The SMILES string of the molecule is CCOC(=O)c1c[nH]c2c(-c3cc(F)ccc3OCC3CC3)ncnc12. The summed E-state index contributed by atoms with van der Waals surface area (Å²) >= 11 is 0. The normalized spacial score (nSPS) is 13.8. The van der Waals surface area contributed by atoms with Gasteiger partial charge in [0, 0.05) is 11.8 Å². The minimum Gasteiger partial charge on any atom is -0.493 e. The van der Waals surface area contributed by atoms with E-state index in [1.165, 1.54) is 24.7 Å². The lowest BCUT2D eigenvalue weighted by Gasteiger charge is -2.11. The van der Waals surface area contributed by atoms with Crippen molar-refractivity contribution in [2.75, 3.05) is 13.2 Å². The van der Waals surface area contributed by atoms with Crippen molar-refractivity contribution >= 4 is 17.0 Å². The summed E-state index contributed by atoms with van der Waals surface area (Å²) in [5, 5.41) is 0. The minimum absolute atomic E-state index is 0.270. The fraction of sp³-hybridized carbons (Fsp3) is 0.316. The predicted octanol–water partition coefficient (Wildman–Crippen LogP) is 3.73. The van der Waals surface area contributed by atoms with E-state index in [1.54, 1.807) is 13.0 Å². The first kappa shape index (κ1) is 16.5. The van der Waals surface area contributed by atoms with Crippen LogP contribution in [0.3, 0.4) is 0 Å². The molecule has 3 aromatic rings. The largest absolute Gasteiger partial charge is 0.493 e. The number of aromatic nitrogens is 3. The number of nitrogens with zero attached hydrogens (tertiary/aromatic N) is 2. The molecule has 134 valence electrons. The molecule has 0 radical (unpaired) electrons. The molecule has 1 aliphatic rings. The first-order valence-electron chi connectivity index (χ1n) is 8.59. The third-order valence-corrected chi connectivity index (χ3v) is 4.33. The number of nitrogens with one attached hydrogen (secondary N) is 1. The third-order valence-electron chi connectivity index (χ3n) is 4.33. The quantitative estimate of drug-likeness (QED) is 0.682. The van der Waals surface area contributed by atoms with Gasteiger partial charge in [-0.15, -0.1) is 0 Å². The van der Waals surface area contributed by atoms with Gasteiger partial charge in [0.1, 0.15) is 34.7 Å². The zero-order chi connectivity index (χ0) is 18.1. The Morgan fingerprint density at radius 1 is 1.35 bits per heavy atom. The molecular formula is C19H18FN3O3. The molecule has 0 saturated heterocycles. The van der Waals surface area contributed by atoms with Crippen molar-refractivity contribution in [3.05, 3.63) is 42.1 Å². The van der Waals surface area contributed by atoms with Crippen LogP contribution in [0.1, 0.15) is 30.1 Å². The maximum atomic E-state index is 13.9. The highest BCUT2D eigenvalue weighted by molar-refractivity contribution is 6.05. The average Bonchev–Trinajstić information content (AvgIpc) is 3.37. The number of fused-ring (bicyclic) bond motifs is 1. The second-order valence-corrected chi connectivity index (χ2v) is 6.26. The Morgan fingerprint density at radius 3 is 2.96 bits per heavy atom. The molecule has 0 atom stereocenters. The smallest absolute Gasteiger partial charge is 0.341 e. The van der Waals surface area contributed by atoms with Crippen molar-refractivity contribution in [1.29, 1.82) is 0 Å². The van der Waals surface area contributed by atoms with Gasteiger partial charge in [0.2, 0.25) is 0 Å². The number of esters is 1. The molecule has 7 heteroatoms. The Hall–Kier alpha value is -2.96. The summed E-state index contributed by atoms with van der Waals surface area (Å²) in [6.07, 6.45) is 5.20. The van der Waals surface area contributed by atoms with Crippen LogP contribution >= 0.6 is 0 Å². The van der Waals surface area contributed by atoms with Crippen LogP contribution < -0.4 is 4.74 Å². The molecule has 26 heavy (non-hydrogen) atoms. The van der Waals surface area contributed by atoms with E-state index in [9.17, 15) is 9.18 Å². The predicted molar refractivity (Wildman–Crippen MR) is 93.5 cm³/mol. The summed E-state index contributed by atoms with van der Waals surface area (Å²) in [5.41, 5.74) is 2.30. The summed E-state index contributed by atoms with van der Waals surface area (Å²) in [4.78, 5) is 23.6. The van der Waals surface area contributed by atoms with E-state index in [2.05, 4.69) is 15.0 Å². The second-order valence-electron chi connectivity index (χ2n) is 6.26. The molecule has 2 aromatic heterocycles. The van der Waals surface area contributed by atoms with Crippen LogP contribution in [0.4, 0.5) is 4.39 Å². The number of hydrogen-bond donors (Lipinski definition) is 1. The van der Waals surface area contributed by atoms with Gasteiger partial charge in [-0.25, -0.2) is 19.2 Å². The third kappa shape index (κ3) is 3.12. The van der Waals surface area contributed by atoms with Gasteiger partial charge >= 0.3 is 5.97 Å². The van der Waals surface area contributed by atoms with Gasteiger partial charge in [0.25, 0.3) is 0 Å². The fourth-order valence-corrected chi connectivity index (χ4v) is 2.81. The Morgan fingerprint density at radius 2 is 2.19 bits per heavy atom. The molecule has 1 aromatic carbocycles. The van der Waals surface area contributed by atoms with Crippen LogP contribution in [0.25, 0.3) is 22.3 Å². The molecule has 1 saturated carbocycles. The number of benzene rings is 1. The van der Waals surface area contributed by atoms with E-state index in [4.69, 9.17) is 9.47 Å². The molecular weight excluding hydrogens is 337 g/mol. The number of carbonyl (C=O) groups is 1. The van der Waals surface area contributed by atoms with Gasteiger partial charge in [-0.3, -0.25) is 0 Å². The molecule has 0 amide bonds. The lowest BCUT2D eigenvalue weighted by atomic mass is 10.1. The van der Waals surface area contributed by atoms with Crippen LogP contribution in [0.15, 0.2) is 30.7 Å². The number of H-pyrrole nitrogens is 1. The lowest BCUT2D eigenvalue weighted by molar-refractivity contribution is 0.0528. The average molecular weight is 355 g/mol. The molecule has 0 spiro atoms. The molecule has 0 bridgehead atoms. The summed E-state index contributed by atoms with van der Waals surface area (Å²) in [7, 11) is 0. The van der Waals surface area contributed by atoms with Gasteiger partial charge in [-0.2, -0.15) is 0 Å². The molecule has 2 heterocycles. The van der Waals surface area contributed by atoms with Crippen LogP contribution in [0.5, 0.6) is 5.75 Å². The van der Waals surface area contributed by atoms with Gasteiger partial charge in [0.15, 0.2) is 0 Å².